The molecule has 0 bridgehead atoms. The molecule has 0 spiro atoms. The highest BCUT2D eigenvalue weighted by molar-refractivity contribution is 7.89. The van der Waals surface area contributed by atoms with Gasteiger partial charge < -0.3 is 9.88 Å². The zero-order valence-electron chi connectivity index (χ0n) is 19.6. The first kappa shape index (κ1) is 23.8. The number of fused-ring (bicyclic) bond motifs is 2. The van der Waals surface area contributed by atoms with E-state index >= 15 is 0 Å². The molecule has 1 unspecified atom stereocenters. The van der Waals surface area contributed by atoms with E-state index in [1.807, 2.05) is 11.5 Å². The van der Waals surface area contributed by atoms with Crippen LogP contribution in [0.2, 0.25) is 0 Å². The van der Waals surface area contributed by atoms with Crippen LogP contribution in [0.5, 0.6) is 0 Å². The lowest BCUT2D eigenvalue weighted by Crippen LogP contribution is -2.22. The smallest absolute Gasteiger partial charge is 0.242 e. The number of amides is 1. The number of thiazole rings is 1. The Morgan fingerprint density at radius 3 is 2.76 bits per heavy atom. The number of rotatable bonds is 8. The highest BCUT2D eigenvalue weighted by Crippen LogP contribution is 2.33. The molecular weight excluding hydrogens is 458 g/mol. The lowest BCUT2D eigenvalue weighted by molar-refractivity contribution is -0.116. The molecule has 1 amide bonds. The molecule has 0 aliphatic heterocycles. The van der Waals surface area contributed by atoms with Crippen molar-refractivity contribution >= 4 is 43.4 Å². The summed E-state index contributed by atoms with van der Waals surface area (Å²) in [6.07, 6.45) is 5.16. The van der Waals surface area contributed by atoms with E-state index < -0.39 is 10.0 Å². The Morgan fingerprint density at radius 2 is 2.06 bits per heavy atom. The van der Waals surface area contributed by atoms with Gasteiger partial charge in [0.25, 0.3) is 0 Å². The summed E-state index contributed by atoms with van der Waals surface area (Å²) in [4.78, 5) is 23.4. The summed E-state index contributed by atoms with van der Waals surface area (Å²) in [5, 5.41) is 3.65. The van der Waals surface area contributed by atoms with Gasteiger partial charge in [0.2, 0.25) is 15.9 Å². The summed E-state index contributed by atoms with van der Waals surface area (Å²) in [5.41, 5.74) is 2.62. The predicted molar refractivity (Wildman–Crippen MR) is 131 cm³/mol. The molecule has 0 saturated heterocycles. The van der Waals surface area contributed by atoms with E-state index in [-0.39, 0.29) is 17.2 Å². The van der Waals surface area contributed by atoms with E-state index in [0.717, 1.165) is 35.8 Å². The maximum Gasteiger partial charge on any atom is 0.242 e. The molecule has 1 aliphatic carbocycles. The fourth-order valence-electron chi connectivity index (χ4n) is 4.33. The van der Waals surface area contributed by atoms with Crippen LogP contribution in [0.3, 0.4) is 0 Å². The van der Waals surface area contributed by atoms with Crippen LogP contribution in [0.15, 0.2) is 23.1 Å². The molecule has 178 valence electrons. The number of nitrogens with zero attached hydrogens (tertiary/aromatic N) is 4. The molecule has 1 atom stereocenters. The van der Waals surface area contributed by atoms with Crippen LogP contribution >= 0.6 is 11.3 Å². The number of imidazole rings is 1. The van der Waals surface area contributed by atoms with Crippen LogP contribution in [0, 0.1) is 5.92 Å². The number of aromatic nitrogens is 3. The SMILES string of the molecule is CCC1CCc2nc(NC(=O)CCc3nc4cc(S(=O)(=O)N(C)C)ccc4n3CC)sc2C1. The van der Waals surface area contributed by atoms with Crippen molar-refractivity contribution in [1.82, 2.24) is 18.8 Å². The molecular formula is C23H31N5O3S2. The second-order valence-electron chi connectivity index (χ2n) is 8.66. The van der Waals surface area contributed by atoms with Gasteiger partial charge >= 0.3 is 0 Å². The summed E-state index contributed by atoms with van der Waals surface area (Å²) in [7, 11) is -0.513. The molecule has 33 heavy (non-hydrogen) atoms. The number of hydrogen-bond acceptors (Lipinski definition) is 6. The predicted octanol–water partition coefficient (Wildman–Crippen LogP) is 3.85. The van der Waals surface area contributed by atoms with Gasteiger partial charge in [-0.25, -0.2) is 22.7 Å². The van der Waals surface area contributed by atoms with Gasteiger partial charge in [0.15, 0.2) is 5.13 Å². The summed E-state index contributed by atoms with van der Waals surface area (Å²) < 4.78 is 28.2. The Kier molecular flexibility index (Phi) is 6.88. The Morgan fingerprint density at radius 1 is 1.27 bits per heavy atom. The van der Waals surface area contributed by atoms with Crippen molar-refractivity contribution in [3.63, 3.8) is 0 Å². The Hall–Kier alpha value is -2.30. The number of carbonyl (C=O) groups excluding carboxylic acids is 1. The molecule has 0 saturated carbocycles. The second-order valence-corrected chi connectivity index (χ2v) is 11.9. The third kappa shape index (κ3) is 4.83. The van der Waals surface area contributed by atoms with Crippen LogP contribution in [0.4, 0.5) is 5.13 Å². The van der Waals surface area contributed by atoms with Gasteiger partial charge in [0.05, 0.1) is 21.6 Å². The van der Waals surface area contributed by atoms with E-state index in [4.69, 9.17) is 0 Å². The van der Waals surface area contributed by atoms with E-state index in [1.165, 1.54) is 36.1 Å². The average molecular weight is 490 g/mol. The van der Waals surface area contributed by atoms with Gasteiger partial charge in [-0.3, -0.25) is 4.79 Å². The van der Waals surface area contributed by atoms with Gasteiger partial charge in [-0.2, -0.15) is 0 Å². The third-order valence-corrected chi connectivity index (χ3v) is 9.18. The van der Waals surface area contributed by atoms with Gasteiger partial charge in [0.1, 0.15) is 5.82 Å². The topological polar surface area (TPSA) is 97.2 Å². The monoisotopic (exact) mass is 489 g/mol. The summed E-state index contributed by atoms with van der Waals surface area (Å²) in [5.74, 6) is 1.40. The van der Waals surface area contributed by atoms with Crippen molar-refractivity contribution in [2.45, 2.75) is 63.8 Å². The lowest BCUT2D eigenvalue weighted by Gasteiger charge is -2.18. The van der Waals surface area contributed by atoms with E-state index in [0.29, 0.717) is 23.6 Å². The first-order chi connectivity index (χ1) is 15.7. The number of sulfonamides is 1. The largest absolute Gasteiger partial charge is 0.328 e. The molecule has 4 rings (SSSR count). The molecule has 2 heterocycles. The van der Waals surface area contributed by atoms with Crippen molar-refractivity contribution in [3.8, 4) is 0 Å². The van der Waals surface area contributed by atoms with Crippen LogP contribution in [-0.2, 0) is 40.6 Å². The van der Waals surface area contributed by atoms with Crippen LogP contribution in [0.25, 0.3) is 11.0 Å². The van der Waals surface area contributed by atoms with Crippen molar-refractivity contribution in [2.24, 2.45) is 5.92 Å². The van der Waals surface area contributed by atoms with E-state index in [9.17, 15) is 13.2 Å². The molecule has 0 radical (unpaired) electrons. The minimum absolute atomic E-state index is 0.0845. The van der Waals surface area contributed by atoms with Gasteiger partial charge in [-0.15, -0.1) is 11.3 Å². The van der Waals surface area contributed by atoms with E-state index in [1.54, 1.807) is 29.5 Å². The van der Waals surface area contributed by atoms with Crippen molar-refractivity contribution in [1.29, 1.82) is 0 Å². The Balaban J connectivity index is 1.46. The molecule has 1 aliphatic rings. The van der Waals surface area contributed by atoms with Crippen LogP contribution in [-0.4, -0.2) is 47.3 Å². The van der Waals surface area contributed by atoms with Crippen LogP contribution in [0.1, 0.15) is 49.5 Å². The molecule has 8 nitrogen and oxygen atoms in total. The maximum atomic E-state index is 12.6. The first-order valence-electron chi connectivity index (χ1n) is 11.4. The summed E-state index contributed by atoms with van der Waals surface area (Å²) >= 11 is 1.60. The number of anilines is 1. The molecule has 3 aromatic rings. The normalized spacial score (nSPS) is 16.3. The maximum absolute atomic E-state index is 12.6. The standard InChI is InChI=1S/C23H31N5O3S2/c1-5-15-7-9-17-20(13-15)32-23(25-17)26-22(29)12-11-21-24-18-14-16(33(30,31)27(3)4)8-10-19(18)28(21)6-2/h8,10,14-15H,5-7,9,11-13H2,1-4H3,(H,25,26,29). The minimum atomic E-state index is -3.53. The highest BCUT2D eigenvalue weighted by Gasteiger charge is 2.23. The third-order valence-electron chi connectivity index (χ3n) is 6.33. The zero-order chi connectivity index (χ0) is 23.8. The molecule has 0 fully saturated rings. The number of hydrogen-bond donors (Lipinski definition) is 1. The fourth-order valence-corrected chi connectivity index (χ4v) is 6.39. The summed E-state index contributed by atoms with van der Waals surface area (Å²) in [6, 6.07) is 4.99. The molecule has 1 N–H and O–H groups in total. The minimum Gasteiger partial charge on any atom is -0.328 e. The van der Waals surface area contributed by atoms with Crippen LogP contribution < -0.4 is 5.32 Å². The van der Waals surface area contributed by atoms with Crippen molar-refractivity contribution < 1.29 is 13.2 Å². The van der Waals surface area contributed by atoms with E-state index in [2.05, 4.69) is 22.2 Å². The average Bonchev–Trinajstić information content (AvgIpc) is 3.35. The number of nitrogens with one attached hydrogen (secondary N) is 1. The van der Waals surface area contributed by atoms with Gasteiger partial charge in [-0.05, 0) is 50.3 Å². The Bertz CT molecular complexity index is 1280. The van der Waals surface area contributed by atoms with Crippen molar-refractivity contribution in [3.05, 3.63) is 34.6 Å². The van der Waals surface area contributed by atoms with Crippen molar-refractivity contribution in [2.75, 3.05) is 19.4 Å². The molecule has 10 heteroatoms. The highest BCUT2D eigenvalue weighted by atomic mass is 32.2. The quantitative estimate of drug-likeness (QED) is 0.518. The first-order valence-corrected chi connectivity index (χ1v) is 13.7. The van der Waals surface area contributed by atoms with Gasteiger partial charge in [0, 0.05) is 38.4 Å². The molecule has 2 aromatic heterocycles. The number of benzene rings is 1. The number of carbonyl (C=O) groups is 1. The van der Waals surface area contributed by atoms with Gasteiger partial charge in [-0.1, -0.05) is 13.3 Å². The zero-order valence-corrected chi connectivity index (χ0v) is 21.2. The second kappa shape index (κ2) is 9.52. The molecule has 1 aromatic carbocycles. The number of aryl methyl sites for hydroxylation is 3. The Labute approximate surface area is 199 Å². The fraction of sp³-hybridized carbons (Fsp3) is 0.522. The lowest BCUT2D eigenvalue weighted by atomic mass is 9.89. The summed E-state index contributed by atoms with van der Waals surface area (Å²) in [6.45, 7) is 4.93.